The van der Waals surface area contributed by atoms with Crippen LogP contribution in [0.3, 0.4) is 0 Å². The highest BCUT2D eigenvalue weighted by atomic mass is 19.1. The molecule has 1 aromatic rings. The topological polar surface area (TPSA) is 38.0 Å². The maximum Gasteiger partial charge on any atom is 0.127 e. The van der Waals surface area contributed by atoms with Gasteiger partial charge in [-0.15, -0.1) is 0 Å². The Bertz CT molecular complexity index is 300. The Labute approximate surface area is 77.3 Å². The van der Waals surface area contributed by atoms with Crippen LogP contribution >= 0.6 is 0 Å². The van der Waals surface area contributed by atoms with Gasteiger partial charge in [0.2, 0.25) is 0 Å². The van der Waals surface area contributed by atoms with Crippen molar-refractivity contribution in [3.8, 4) is 0 Å². The van der Waals surface area contributed by atoms with Crippen LogP contribution < -0.4 is 11.1 Å². The highest BCUT2D eigenvalue weighted by Gasteiger charge is 1.97. The molecule has 1 rings (SSSR count). The third kappa shape index (κ3) is 3.15. The number of anilines is 2. The van der Waals surface area contributed by atoms with E-state index in [0.29, 0.717) is 17.9 Å². The Morgan fingerprint density at radius 2 is 2.23 bits per heavy atom. The summed E-state index contributed by atoms with van der Waals surface area (Å²) >= 11 is 0. The highest BCUT2D eigenvalue weighted by Crippen LogP contribution is 2.15. The van der Waals surface area contributed by atoms with Gasteiger partial charge in [-0.25, -0.2) is 4.39 Å². The van der Waals surface area contributed by atoms with Crippen LogP contribution in [0.2, 0.25) is 0 Å². The van der Waals surface area contributed by atoms with Crippen LogP contribution in [-0.4, -0.2) is 6.54 Å². The van der Waals surface area contributed by atoms with E-state index in [4.69, 9.17) is 5.73 Å². The molecule has 0 aliphatic rings. The van der Waals surface area contributed by atoms with Crippen molar-refractivity contribution in [1.82, 2.24) is 0 Å². The van der Waals surface area contributed by atoms with Gasteiger partial charge in [0.15, 0.2) is 0 Å². The smallest absolute Gasteiger partial charge is 0.127 e. The molecule has 0 bridgehead atoms. The molecule has 0 radical (unpaired) electrons. The van der Waals surface area contributed by atoms with Crippen molar-refractivity contribution in [3.63, 3.8) is 0 Å². The molecule has 0 atom stereocenters. The third-order valence-corrected chi connectivity index (χ3v) is 1.51. The summed E-state index contributed by atoms with van der Waals surface area (Å²) < 4.78 is 12.8. The van der Waals surface area contributed by atoms with Crippen LogP contribution in [0.5, 0.6) is 0 Å². The van der Waals surface area contributed by atoms with Gasteiger partial charge in [-0.05, 0) is 25.1 Å². The van der Waals surface area contributed by atoms with E-state index in [1.807, 2.05) is 6.92 Å². The van der Waals surface area contributed by atoms with Gasteiger partial charge < -0.3 is 11.1 Å². The molecule has 0 aliphatic heterocycles. The summed E-state index contributed by atoms with van der Waals surface area (Å²) in [6.07, 6.45) is 0. The first-order valence-corrected chi connectivity index (χ1v) is 4.02. The van der Waals surface area contributed by atoms with Gasteiger partial charge in [-0.1, -0.05) is 12.2 Å². The van der Waals surface area contributed by atoms with Crippen molar-refractivity contribution in [2.75, 3.05) is 17.6 Å². The number of hydrogen-bond donors (Lipinski definition) is 2. The molecule has 0 unspecified atom stereocenters. The van der Waals surface area contributed by atoms with E-state index >= 15 is 0 Å². The minimum atomic E-state index is -0.329. The summed E-state index contributed by atoms with van der Waals surface area (Å²) in [4.78, 5) is 0. The lowest BCUT2D eigenvalue weighted by Crippen LogP contribution is -2.02. The van der Waals surface area contributed by atoms with Crippen molar-refractivity contribution in [2.24, 2.45) is 0 Å². The zero-order valence-corrected chi connectivity index (χ0v) is 7.60. The van der Waals surface area contributed by atoms with Crippen LogP contribution in [0, 0.1) is 5.82 Å². The van der Waals surface area contributed by atoms with E-state index in [-0.39, 0.29) is 5.82 Å². The molecule has 0 spiro atoms. The lowest BCUT2D eigenvalue weighted by atomic mass is 10.2. The molecule has 0 saturated heterocycles. The predicted octanol–water partition coefficient (Wildman–Crippen LogP) is 2.40. The summed E-state index contributed by atoms with van der Waals surface area (Å²) in [6, 6.07) is 4.37. The molecule has 0 amide bonds. The van der Waals surface area contributed by atoms with Gasteiger partial charge in [0.1, 0.15) is 5.82 Å². The van der Waals surface area contributed by atoms with Crippen molar-refractivity contribution in [2.45, 2.75) is 6.92 Å². The quantitative estimate of drug-likeness (QED) is 0.553. The number of nitrogens with two attached hydrogens (primary N) is 1. The molecule has 0 aromatic heterocycles. The van der Waals surface area contributed by atoms with Crippen LogP contribution in [0.4, 0.5) is 15.8 Å². The van der Waals surface area contributed by atoms with Gasteiger partial charge in [-0.3, -0.25) is 0 Å². The largest absolute Gasteiger partial charge is 0.399 e. The summed E-state index contributed by atoms with van der Waals surface area (Å²) in [5.74, 6) is -0.329. The zero-order valence-electron chi connectivity index (χ0n) is 7.60. The fourth-order valence-corrected chi connectivity index (χ4v) is 0.967. The van der Waals surface area contributed by atoms with Gasteiger partial charge in [0, 0.05) is 17.9 Å². The first kappa shape index (κ1) is 9.58. The van der Waals surface area contributed by atoms with Crippen LogP contribution in [0.25, 0.3) is 0 Å². The van der Waals surface area contributed by atoms with Gasteiger partial charge >= 0.3 is 0 Å². The lowest BCUT2D eigenvalue weighted by Gasteiger charge is -2.06. The van der Waals surface area contributed by atoms with Crippen LogP contribution in [0.1, 0.15) is 6.92 Å². The molecule has 3 N–H and O–H groups in total. The second-order valence-electron chi connectivity index (χ2n) is 3.08. The van der Waals surface area contributed by atoms with Gasteiger partial charge in [-0.2, -0.15) is 0 Å². The molecule has 2 nitrogen and oxygen atoms in total. The second-order valence-corrected chi connectivity index (χ2v) is 3.08. The lowest BCUT2D eigenvalue weighted by molar-refractivity contribution is 0.629. The fraction of sp³-hybridized carbons (Fsp3) is 0.200. The summed E-state index contributed by atoms with van der Waals surface area (Å²) in [6.45, 7) is 6.25. The van der Waals surface area contributed by atoms with E-state index in [9.17, 15) is 4.39 Å². The molecular formula is C10H13FN2. The molecular weight excluding hydrogens is 167 g/mol. The predicted molar refractivity (Wildman–Crippen MR) is 54.1 cm³/mol. The van der Waals surface area contributed by atoms with Gasteiger partial charge in [0.25, 0.3) is 0 Å². The summed E-state index contributed by atoms with van der Waals surface area (Å²) in [5.41, 5.74) is 7.55. The summed E-state index contributed by atoms with van der Waals surface area (Å²) in [5, 5.41) is 3.01. The monoisotopic (exact) mass is 180 g/mol. The van der Waals surface area contributed by atoms with Crippen molar-refractivity contribution in [3.05, 3.63) is 36.2 Å². The second kappa shape index (κ2) is 3.94. The molecule has 3 heteroatoms. The molecule has 0 heterocycles. The molecule has 0 fully saturated rings. The minimum absolute atomic E-state index is 0.329. The maximum atomic E-state index is 12.8. The number of benzene rings is 1. The molecule has 0 saturated carbocycles. The Hall–Kier alpha value is -1.51. The Morgan fingerprint density at radius 1 is 1.54 bits per heavy atom. The van der Waals surface area contributed by atoms with E-state index < -0.39 is 0 Å². The van der Waals surface area contributed by atoms with Crippen molar-refractivity contribution >= 4 is 11.4 Å². The molecule has 0 aliphatic carbocycles. The number of nitrogens with one attached hydrogen (secondary N) is 1. The number of hydrogen-bond acceptors (Lipinski definition) is 2. The first-order valence-electron chi connectivity index (χ1n) is 4.02. The Balaban J connectivity index is 2.71. The van der Waals surface area contributed by atoms with Crippen LogP contribution in [0.15, 0.2) is 30.4 Å². The van der Waals surface area contributed by atoms with E-state index in [1.165, 1.54) is 12.1 Å². The number of nitrogen functional groups attached to an aromatic ring is 1. The van der Waals surface area contributed by atoms with E-state index in [2.05, 4.69) is 11.9 Å². The summed E-state index contributed by atoms with van der Waals surface area (Å²) in [7, 11) is 0. The van der Waals surface area contributed by atoms with E-state index in [0.717, 1.165) is 5.57 Å². The van der Waals surface area contributed by atoms with Crippen molar-refractivity contribution < 1.29 is 4.39 Å². The number of halogens is 1. The normalized spacial score (nSPS) is 9.69. The highest BCUT2D eigenvalue weighted by molar-refractivity contribution is 5.55. The third-order valence-electron chi connectivity index (χ3n) is 1.51. The van der Waals surface area contributed by atoms with Crippen molar-refractivity contribution in [1.29, 1.82) is 0 Å². The SMILES string of the molecule is C=C(C)CNc1cc(N)cc(F)c1. The average Bonchev–Trinajstić information content (AvgIpc) is 1.99. The fourth-order valence-electron chi connectivity index (χ4n) is 0.967. The molecule has 1 aromatic carbocycles. The average molecular weight is 180 g/mol. The van der Waals surface area contributed by atoms with Crippen LogP contribution in [-0.2, 0) is 0 Å². The maximum absolute atomic E-state index is 12.8. The Morgan fingerprint density at radius 3 is 2.77 bits per heavy atom. The van der Waals surface area contributed by atoms with E-state index in [1.54, 1.807) is 6.07 Å². The van der Waals surface area contributed by atoms with Gasteiger partial charge in [0.05, 0.1) is 0 Å². The molecule has 13 heavy (non-hydrogen) atoms. The zero-order chi connectivity index (χ0) is 9.84. The standard InChI is InChI=1S/C10H13FN2/c1-7(2)6-13-10-4-8(11)3-9(12)5-10/h3-5,13H,1,6,12H2,2H3. The number of rotatable bonds is 3. The minimum Gasteiger partial charge on any atom is -0.399 e. The Kier molecular flexibility index (Phi) is 2.90. The molecule has 70 valence electrons. The first-order chi connectivity index (χ1) is 6.08.